The maximum absolute atomic E-state index is 5.48. The fourth-order valence-electron chi connectivity index (χ4n) is 1.04. The second kappa shape index (κ2) is 3.31. The Morgan fingerprint density at radius 3 is 3.00 bits per heavy atom. The molecule has 2 N–H and O–H groups in total. The van der Waals surface area contributed by atoms with E-state index in [0.717, 1.165) is 5.13 Å². The number of nitrogens with two attached hydrogens (primary N) is 1. The Kier molecular flexibility index (Phi) is 2.15. The van der Waals surface area contributed by atoms with Crippen molar-refractivity contribution in [2.45, 2.75) is 0 Å². The summed E-state index contributed by atoms with van der Waals surface area (Å²) < 4.78 is 0. The Morgan fingerprint density at radius 2 is 2.46 bits per heavy atom. The van der Waals surface area contributed by atoms with Crippen molar-refractivity contribution in [3.63, 3.8) is 0 Å². The molecule has 2 rings (SSSR count). The molecule has 6 heteroatoms. The first-order valence-corrected chi connectivity index (χ1v) is 4.97. The molecule has 0 bridgehead atoms. The second-order valence-electron chi connectivity index (χ2n) is 2.53. The summed E-state index contributed by atoms with van der Waals surface area (Å²) in [7, 11) is 0. The molecular formula is C7H8N4S2. The minimum atomic E-state index is 0.385. The van der Waals surface area contributed by atoms with Crippen LogP contribution in [0.4, 0.5) is 5.13 Å². The van der Waals surface area contributed by atoms with E-state index < -0.39 is 0 Å². The second-order valence-corrected chi connectivity index (χ2v) is 3.82. The third kappa shape index (κ3) is 1.63. The van der Waals surface area contributed by atoms with Gasteiger partial charge in [0.2, 0.25) is 0 Å². The molecule has 0 amide bonds. The average molecular weight is 212 g/mol. The SMILES string of the molecule is NC(=S)N1C=CN(c2nccs2)C1. The minimum absolute atomic E-state index is 0.385. The summed E-state index contributed by atoms with van der Waals surface area (Å²) in [6.07, 6.45) is 5.54. The lowest BCUT2D eigenvalue weighted by atomic mass is 10.8. The Morgan fingerprint density at radius 1 is 1.62 bits per heavy atom. The van der Waals surface area contributed by atoms with Crippen LogP contribution in [0, 0.1) is 0 Å². The zero-order chi connectivity index (χ0) is 9.26. The molecule has 0 radical (unpaired) electrons. The number of hydrogen-bond acceptors (Lipinski definition) is 4. The summed E-state index contributed by atoms with van der Waals surface area (Å²) in [5, 5.41) is 3.28. The first kappa shape index (κ1) is 8.46. The van der Waals surface area contributed by atoms with Crippen LogP contribution in [0.2, 0.25) is 0 Å². The number of anilines is 1. The third-order valence-corrected chi connectivity index (χ3v) is 2.72. The first-order valence-electron chi connectivity index (χ1n) is 3.68. The quantitative estimate of drug-likeness (QED) is 0.702. The standard InChI is InChI=1S/C7H8N4S2/c8-6(12)10-2-3-11(5-10)7-9-1-4-13-7/h1-4H,5H2,(H2,8,12). The van der Waals surface area contributed by atoms with Crippen LogP contribution in [-0.4, -0.2) is 21.7 Å². The van der Waals surface area contributed by atoms with E-state index in [2.05, 4.69) is 4.98 Å². The van der Waals surface area contributed by atoms with Gasteiger partial charge in [0.1, 0.15) is 6.67 Å². The molecule has 13 heavy (non-hydrogen) atoms. The van der Waals surface area contributed by atoms with Crippen molar-refractivity contribution in [3.8, 4) is 0 Å². The van der Waals surface area contributed by atoms with Crippen LogP contribution < -0.4 is 10.6 Å². The fraction of sp³-hybridized carbons (Fsp3) is 0.143. The number of thiazole rings is 1. The molecule has 0 saturated heterocycles. The van der Waals surface area contributed by atoms with Crippen LogP contribution in [0.25, 0.3) is 0 Å². The van der Waals surface area contributed by atoms with Crippen molar-refractivity contribution in [2.24, 2.45) is 5.73 Å². The molecule has 0 aromatic carbocycles. The van der Waals surface area contributed by atoms with E-state index in [1.54, 1.807) is 22.4 Å². The molecule has 68 valence electrons. The van der Waals surface area contributed by atoms with Gasteiger partial charge in [0, 0.05) is 24.0 Å². The zero-order valence-electron chi connectivity index (χ0n) is 6.75. The molecule has 1 aromatic heterocycles. The molecule has 4 nitrogen and oxygen atoms in total. The summed E-state index contributed by atoms with van der Waals surface area (Å²) >= 11 is 6.43. The molecule has 0 aliphatic carbocycles. The molecule has 2 heterocycles. The van der Waals surface area contributed by atoms with Crippen LogP contribution in [0.3, 0.4) is 0 Å². The van der Waals surface area contributed by atoms with E-state index in [9.17, 15) is 0 Å². The fourth-order valence-corrected chi connectivity index (χ4v) is 1.78. The Balaban J connectivity index is 2.09. The van der Waals surface area contributed by atoms with Crippen LogP contribution in [0.1, 0.15) is 0 Å². The molecule has 1 aromatic rings. The summed E-state index contributed by atoms with van der Waals surface area (Å²) in [4.78, 5) is 7.95. The predicted octanol–water partition coefficient (Wildman–Crippen LogP) is 0.937. The van der Waals surface area contributed by atoms with Gasteiger partial charge in [-0.1, -0.05) is 0 Å². The number of nitrogens with zero attached hydrogens (tertiary/aromatic N) is 3. The van der Waals surface area contributed by atoms with Gasteiger partial charge >= 0.3 is 0 Å². The molecule has 0 unspecified atom stereocenters. The maximum Gasteiger partial charge on any atom is 0.190 e. The third-order valence-electron chi connectivity index (χ3n) is 1.68. The highest BCUT2D eigenvalue weighted by Gasteiger charge is 2.16. The number of rotatable bonds is 1. The van der Waals surface area contributed by atoms with Crippen molar-refractivity contribution in [3.05, 3.63) is 24.0 Å². The van der Waals surface area contributed by atoms with E-state index in [1.807, 2.05) is 22.7 Å². The van der Waals surface area contributed by atoms with Gasteiger partial charge in [-0.2, -0.15) is 0 Å². The highest BCUT2D eigenvalue weighted by molar-refractivity contribution is 7.80. The summed E-state index contributed by atoms with van der Waals surface area (Å²) in [5.74, 6) is 0. The van der Waals surface area contributed by atoms with Gasteiger partial charge in [-0.25, -0.2) is 4.98 Å². The smallest absolute Gasteiger partial charge is 0.190 e. The van der Waals surface area contributed by atoms with Gasteiger partial charge in [0.15, 0.2) is 10.2 Å². The van der Waals surface area contributed by atoms with E-state index in [-0.39, 0.29) is 0 Å². The van der Waals surface area contributed by atoms with Gasteiger partial charge in [0.25, 0.3) is 0 Å². The van der Waals surface area contributed by atoms with Gasteiger partial charge in [-0.05, 0) is 12.2 Å². The largest absolute Gasteiger partial charge is 0.376 e. The van der Waals surface area contributed by atoms with E-state index in [0.29, 0.717) is 11.8 Å². The molecular weight excluding hydrogens is 204 g/mol. The summed E-state index contributed by atoms with van der Waals surface area (Å²) in [6.45, 7) is 0.656. The highest BCUT2D eigenvalue weighted by atomic mass is 32.1. The van der Waals surface area contributed by atoms with Gasteiger partial charge in [-0.3, -0.25) is 0 Å². The molecule has 0 atom stereocenters. The Bertz CT molecular complexity index is 332. The Labute approximate surface area is 85.3 Å². The maximum atomic E-state index is 5.48. The van der Waals surface area contributed by atoms with Gasteiger partial charge in [0.05, 0.1) is 0 Å². The van der Waals surface area contributed by atoms with Crippen molar-refractivity contribution in [2.75, 3.05) is 11.6 Å². The lowest BCUT2D eigenvalue weighted by Gasteiger charge is -2.17. The van der Waals surface area contributed by atoms with Crippen LogP contribution in [-0.2, 0) is 0 Å². The molecule has 0 fully saturated rings. The lowest BCUT2D eigenvalue weighted by Crippen LogP contribution is -2.33. The van der Waals surface area contributed by atoms with Crippen LogP contribution in [0.5, 0.6) is 0 Å². The number of hydrogen-bond donors (Lipinski definition) is 1. The van der Waals surface area contributed by atoms with Crippen LogP contribution >= 0.6 is 23.6 Å². The topological polar surface area (TPSA) is 45.4 Å². The first-order chi connectivity index (χ1) is 6.27. The van der Waals surface area contributed by atoms with Crippen molar-refractivity contribution < 1.29 is 0 Å². The molecule has 1 aliphatic heterocycles. The van der Waals surface area contributed by atoms with E-state index >= 15 is 0 Å². The number of aromatic nitrogens is 1. The van der Waals surface area contributed by atoms with E-state index in [4.69, 9.17) is 18.0 Å². The predicted molar refractivity (Wildman–Crippen MR) is 57.2 cm³/mol. The minimum Gasteiger partial charge on any atom is -0.376 e. The van der Waals surface area contributed by atoms with Gasteiger partial charge < -0.3 is 15.5 Å². The molecule has 0 spiro atoms. The zero-order valence-corrected chi connectivity index (χ0v) is 8.38. The van der Waals surface area contributed by atoms with Crippen molar-refractivity contribution in [1.82, 2.24) is 9.88 Å². The number of thiocarbonyl (C=S) groups is 1. The van der Waals surface area contributed by atoms with Gasteiger partial charge in [-0.15, -0.1) is 11.3 Å². The Hall–Kier alpha value is -1.14. The molecule has 1 aliphatic rings. The van der Waals surface area contributed by atoms with Crippen LogP contribution in [0.15, 0.2) is 24.0 Å². The monoisotopic (exact) mass is 212 g/mol. The van der Waals surface area contributed by atoms with Crippen molar-refractivity contribution in [1.29, 1.82) is 0 Å². The normalized spacial score (nSPS) is 15.4. The van der Waals surface area contributed by atoms with Crippen molar-refractivity contribution >= 4 is 33.8 Å². The summed E-state index contributed by atoms with van der Waals surface area (Å²) in [6, 6.07) is 0. The molecule has 0 saturated carbocycles. The average Bonchev–Trinajstić information content (AvgIpc) is 2.75. The lowest BCUT2D eigenvalue weighted by molar-refractivity contribution is 0.604. The highest BCUT2D eigenvalue weighted by Crippen LogP contribution is 2.20. The summed E-state index contributed by atoms with van der Waals surface area (Å²) in [5.41, 5.74) is 5.48. The van der Waals surface area contributed by atoms with E-state index in [1.165, 1.54) is 0 Å².